The number of anilines is 1. The fourth-order valence-corrected chi connectivity index (χ4v) is 3.78. The molecule has 0 aliphatic carbocycles. The number of furan rings is 1. The van der Waals surface area contributed by atoms with E-state index in [0.29, 0.717) is 19.1 Å². The first-order chi connectivity index (χ1) is 14.0. The minimum Gasteiger partial charge on any atom is -0.494 e. The molecule has 1 aliphatic heterocycles. The number of fused-ring (bicyclic) bond motifs is 1. The van der Waals surface area contributed by atoms with Gasteiger partial charge >= 0.3 is 0 Å². The number of nitrogens with zero attached hydrogens (tertiary/aromatic N) is 3. The van der Waals surface area contributed by atoms with Gasteiger partial charge < -0.3 is 19.4 Å². The normalized spacial score (nSPS) is 16.4. The average molecular weight is 394 g/mol. The maximum Gasteiger partial charge on any atom is 0.243 e. The van der Waals surface area contributed by atoms with Gasteiger partial charge in [-0.25, -0.2) is 9.97 Å². The Labute approximate surface area is 170 Å². The Morgan fingerprint density at radius 1 is 1.28 bits per heavy atom. The highest BCUT2D eigenvalue weighted by Crippen LogP contribution is 2.28. The first-order valence-corrected chi connectivity index (χ1v) is 10.1. The molecule has 3 aromatic rings. The number of hydrogen-bond donors (Lipinski definition) is 1. The molecule has 2 aromatic heterocycles. The zero-order valence-electron chi connectivity index (χ0n) is 17.1. The van der Waals surface area contributed by atoms with Gasteiger partial charge in [-0.3, -0.25) is 4.79 Å². The fourth-order valence-electron chi connectivity index (χ4n) is 3.78. The molecular weight excluding hydrogens is 368 g/mol. The number of ether oxygens (including phenoxy) is 1. The van der Waals surface area contributed by atoms with Crippen LogP contribution < -0.4 is 15.0 Å². The minimum atomic E-state index is -0.273. The van der Waals surface area contributed by atoms with Crippen LogP contribution in [-0.2, 0) is 11.3 Å². The van der Waals surface area contributed by atoms with Crippen molar-refractivity contribution in [3.63, 3.8) is 0 Å². The van der Waals surface area contributed by atoms with Crippen molar-refractivity contribution >= 4 is 22.8 Å². The second-order valence-corrected chi connectivity index (χ2v) is 7.30. The van der Waals surface area contributed by atoms with E-state index in [1.165, 1.54) is 0 Å². The van der Waals surface area contributed by atoms with Gasteiger partial charge in [-0.2, -0.15) is 0 Å². The zero-order chi connectivity index (χ0) is 20.4. The van der Waals surface area contributed by atoms with Crippen molar-refractivity contribution in [2.24, 2.45) is 0 Å². The number of benzene rings is 1. The molecule has 0 radical (unpaired) electrons. The van der Waals surface area contributed by atoms with E-state index in [0.717, 1.165) is 53.3 Å². The van der Waals surface area contributed by atoms with Gasteiger partial charge in [-0.05, 0) is 63.9 Å². The molecule has 1 N–H and O–H groups in total. The summed E-state index contributed by atoms with van der Waals surface area (Å²) in [4.78, 5) is 24.2. The van der Waals surface area contributed by atoms with E-state index in [2.05, 4.69) is 5.32 Å². The van der Waals surface area contributed by atoms with Gasteiger partial charge in [0.15, 0.2) is 0 Å². The molecule has 29 heavy (non-hydrogen) atoms. The summed E-state index contributed by atoms with van der Waals surface area (Å²) in [6.45, 7) is 7.58. The third kappa shape index (κ3) is 4.04. The van der Waals surface area contributed by atoms with E-state index in [9.17, 15) is 4.79 Å². The van der Waals surface area contributed by atoms with Crippen LogP contribution in [0.3, 0.4) is 0 Å². The lowest BCUT2D eigenvalue weighted by molar-refractivity contribution is -0.122. The molecule has 0 saturated carbocycles. The van der Waals surface area contributed by atoms with Crippen LogP contribution in [0.4, 0.5) is 5.95 Å². The Bertz CT molecular complexity index is 1030. The third-order valence-corrected chi connectivity index (χ3v) is 5.20. The predicted molar refractivity (Wildman–Crippen MR) is 111 cm³/mol. The first-order valence-electron chi connectivity index (χ1n) is 10.1. The summed E-state index contributed by atoms with van der Waals surface area (Å²) >= 11 is 0. The van der Waals surface area contributed by atoms with Crippen LogP contribution in [0.5, 0.6) is 5.75 Å². The predicted octanol–water partition coefficient (Wildman–Crippen LogP) is 3.52. The van der Waals surface area contributed by atoms with Crippen LogP contribution in [0, 0.1) is 13.8 Å². The smallest absolute Gasteiger partial charge is 0.243 e. The Morgan fingerprint density at radius 3 is 2.90 bits per heavy atom. The number of rotatable bonds is 6. The third-order valence-electron chi connectivity index (χ3n) is 5.20. The summed E-state index contributed by atoms with van der Waals surface area (Å²) in [5, 5.41) is 3.95. The molecule has 0 unspecified atom stereocenters. The molecule has 4 rings (SSSR count). The maximum absolute atomic E-state index is 12.8. The van der Waals surface area contributed by atoms with Crippen molar-refractivity contribution < 1.29 is 13.9 Å². The molecule has 0 bridgehead atoms. The standard InChI is InChI=1S/C22H26N4O3/c1-4-28-16-9-10-19-18(12-16)15(3)24-22(25-19)26-11-5-6-20(26)21(27)23-13-17-8-7-14(2)29-17/h7-10,12,20H,4-6,11,13H2,1-3H3,(H,23,27)/t20-/m1/s1. The highest BCUT2D eigenvalue weighted by atomic mass is 16.5. The van der Waals surface area contributed by atoms with Crippen LogP contribution in [0.25, 0.3) is 10.9 Å². The largest absolute Gasteiger partial charge is 0.494 e. The number of carbonyl (C=O) groups is 1. The van der Waals surface area contributed by atoms with Crippen molar-refractivity contribution in [1.29, 1.82) is 0 Å². The van der Waals surface area contributed by atoms with Crippen LogP contribution in [0.15, 0.2) is 34.7 Å². The van der Waals surface area contributed by atoms with Crippen molar-refractivity contribution in [3.8, 4) is 5.75 Å². The van der Waals surface area contributed by atoms with Crippen LogP contribution >= 0.6 is 0 Å². The van der Waals surface area contributed by atoms with Gasteiger partial charge in [0.2, 0.25) is 11.9 Å². The number of aromatic nitrogens is 2. The molecule has 152 valence electrons. The summed E-state index contributed by atoms with van der Waals surface area (Å²) in [6.07, 6.45) is 1.72. The van der Waals surface area contributed by atoms with Gasteiger partial charge in [-0.15, -0.1) is 0 Å². The summed E-state index contributed by atoms with van der Waals surface area (Å²) in [6, 6.07) is 9.34. The molecule has 1 atom stereocenters. The summed E-state index contributed by atoms with van der Waals surface area (Å²) < 4.78 is 11.1. The Hall–Kier alpha value is -3.09. The van der Waals surface area contributed by atoms with Gasteiger partial charge in [0.25, 0.3) is 0 Å². The Balaban J connectivity index is 1.53. The number of hydrogen-bond acceptors (Lipinski definition) is 6. The number of nitrogens with one attached hydrogen (secondary N) is 1. The number of carbonyl (C=O) groups excluding carboxylic acids is 1. The van der Waals surface area contributed by atoms with E-state index in [4.69, 9.17) is 19.1 Å². The molecule has 7 heteroatoms. The van der Waals surface area contributed by atoms with Crippen molar-refractivity contribution in [2.45, 2.75) is 46.2 Å². The summed E-state index contributed by atoms with van der Waals surface area (Å²) in [7, 11) is 0. The second-order valence-electron chi connectivity index (χ2n) is 7.30. The van der Waals surface area contributed by atoms with E-state index < -0.39 is 0 Å². The molecule has 7 nitrogen and oxygen atoms in total. The van der Waals surface area contributed by atoms with Gasteiger partial charge in [-0.1, -0.05) is 0 Å². The van der Waals surface area contributed by atoms with Gasteiger partial charge in [0.1, 0.15) is 23.3 Å². The Morgan fingerprint density at radius 2 is 2.14 bits per heavy atom. The van der Waals surface area contributed by atoms with Crippen molar-refractivity contribution in [3.05, 3.63) is 47.5 Å². The van der Waals surface area contributed by atoms with Crippen LogP contribution in [0.2, 0.25) is 0 Å². The van der Waals surface area contributed by atoms with Crippen LogP contribution in [0.1, 0.15) is 37.0 Å². The molecule has 1 fully saturated rings. The molecule has 1 amide bonds. The lowest BCUT2D eigenvalue weighted by atomic mass is 10.2. The molecular formula is C22H26N4O3. The lowest BCUT2D eigenvalue weighted by Crippen LogP contribution is -2.43. The maximum atomic E-state index is 12.8. The quantitative estimate of drug-likeness (QED) is 0.689. The minimum absolute atomic E-state index is 0.0235. The molecule has 1 saturated heterocycles. The summed E-state index contributed by atoms with van der Waals surface area (Å²) in [5.41, 5.74) is 1.73. The molecule has 3 heterocycles. The number of aryl methyl sites for hydroxylation is 2. The molecule has 1 aromatic carbocycles. The van der Waals surface area contributed by atoms with E-state index >= 15 is 0 Å². The molecule has 0 spiro atoms. The molecule has 1 aliphatic rings. The Kier molecular flexibility index (Phi) is 5.38. The second kappa shape index (κ2) is 8.11. The van der Waals surface area contributed by atoms with E-state index in [1.807, 2.05) is 56.0 Å². The monoisotopic (exact) mass is 394 g/mol. The van der Waals surface area contributed by atoms with Crippen LogP contribution in [-0.4, -0.2) is 35.1 Å². The first kappa shape index (κ1) is 19.2. The zero-order valence-corrected chi connectivity index (χ0v) is 17.1. The SMILES string of the molecule is CCOc1ccc2nc(N3CCC[C@@H]3C(=O)NCc3ccc(C)o3)nc(C)c2c1. The highest BCUT2D eigenvalue weighted by molar-refractivity contribution is 5.87. The topological polar surface area (TPSA) is 80.5 Å². The average Bonchev–Trinajstić information content (AvgIpc) is 3.36. The van der Waals surface area contributed by atoms with Gasteiger partial charge in [0.05, 0.1) is 24.4 Å². The van der Waals surface area contributed by atoms with E-state index in [-0.39, 0.29) is 11.9 Å². The summed E-state index contributed by atoms with van der Waals surface area (Å²) in [5.74, 6) is 2.98. The number of amides is 1. The highest BCUT2D eigenvalue weighted by Gasteiger charge is 2.32. The van der Waals surface area contributed by atoms with Crippen molar-refractivity contribution in [1.82, 2.24) is 15.3 Å². The van der Waals surface area contributed by atoms with Gasteiger partial charge in [0, 0.05) is 11.9 Å². The fraction of sp³-hybridized carbons (Fsp3) is 0.409. The van der Waals surface area contributed by atoms with E-state index in [1.54, 1.807) is 0 Å². The van der Waals surface area contributed by atoms with Crippen molar-refractivity contribution in [2.75, 3.05) is 18.1 Å². The lowest BCUT2D eigenvalue weighted by Gasteiger charge is -2.24.